The number of nitrogens with zero attached hydrogens (tertiary/aromatic N) is 1. The van der Waals surface area contributed by atoms with Crippen LogP contribution in [0.15, 0.2) is 22.7 Å². The summed E-state index contributed by atoms with van der Waals surface area (Å²) in [4.78, 5) is 13.5. The lowest BCUT2D eigenvalue weighted by Gasteiger charge is -2.38. The third kappa shape index (κ3) is 3.35. The highest BCUT2D eigenvalue weighted by atomic mass is 79.9. The number of carbonyl (C=O) groups is 1. The number of rotatable bonds is 3. The summed E-state index contributed by atoms with van der Waals surface area (Å²) in [6.45, 7) is 4.99. The van der Waals surface area contributed by atoms with Gasteiger partial charge in [-0.25, -0.2) is 0 Å². The van der Waals surface area contributed by atoms with E-state index in [2.05, 4.69) is 20.8 Å². The molecule has 1 N–H and O–H groups in total. The molecule has 0 aliphatic carbocycles. The summed E-state index contributed by atoms with van der Waals surface area (Å²) in [6.07, 6.45) is -0.0894. The number of aliphatic hydroxyl groups excluding tert-OH is 1. The number of anilines is 1. The number of morpholine rings is 1. The highest BCUT2D eigenvalue weighted by Gasteiger charge is 2.26. The lowest BCUT2D eigenvalue weighted by molar-refractivity contribution is -0.0421. The van der Waals surface area contributed by atoms with E-state index in [1.807, 2.05) is 25.1 Å². The van der Waals surface area contributed by atoms with E-state index in [0.29, 0.717) is 12.1 Å². The normalized spacial score (nSPS) is 23.5. The molecule has 4 nitrogen and oxygen atoms in total. The zero-order valence-corrected chi connectivity index (χ0v) is 12.7. The SMILES string of the molecule is CC(=O)c1ccc(N2CC(C)OC(CO)C2)c(Br)c1. The van der Waals surface area contributed by atoms with Gasteiger partial charge in [0, 0.05) is 23.1 Å². The van der Waals surface area contributed by atoms with Gasteiger partial charge in [-0.1, -0.05) is 0 Å². The minimum atomic E-state index is -0.164. The van der Waals surface area contributed by atoms with Gasteiger partial charge in [0.05, 0.1) is 24.5 Å². The molecule has 0 saturated carbocycles. The molecule has 1 aliphatic heterocycles. The molecule has 1 heterocycles. The van der Waals surface area contributed by atoms with Crippen molar-refractivity contribution < 1.29 is 14.6 Å². The van der Waals surface area contributed by atoms with Crippen LogP contribution in [0.5, 0.6) is 0 Å². The Labute approximate surface area is 121 Å². The Kier molecular flexibility index (Phi) is 4.60. The molecular weight excluding hydrogens is 310 g/mol. The fourth-order valence-corrected chi connectivity index (χ4v) is 2.95. The van der Waals surface area contributed by atoms with Gasteiger partial charge in [0.2, 0.25) is 0 Å². The molecular formula is C14H18BrNO3. The van der Waals surface area contributed by atoms with Crippen molar-refractivity contribution in [2.24, 2.45) is 0 Å². The summed E-state index contributed by atoms with van der Waals surface area (Å²) in [7, 11) is 0. The predicted molar refractivity (Wildman–Crippen MR) is 77.8 cm³/mol. The van der Waals surface area contributed by atoms with E-state index in [1.165, 1.54) is 0 Å². The lowest BCUT2D eigenvalue weighted by Crippen LogP contribution is -2.48. The molecule has 1 aliphatic rings. The third-order valence-corrected chi connectivity index (χ3v) is 3.86. The zero-order chi connectivity index (χ0) is 14.0. The molecule has 1 saturated heterocycles. The Bertz CT molecular complexity index is 478. The second-order valence-electron chi connectivity index (χ2n) is 4.88. The van der Waals surface area contributed by atoms with Gasteiger partial charge in [0.1, 0.15) is 0 Å². The summed E-state index contributed by atoms with van der Waals surface area (Å²) >= 11 is 3.52. The quantitative estimate of drug-likeness (QED) is 0.865. The molecule has 2 unspecified atom stereocenters. The molecule has 1 aromatic rings. The highest BCUT2D eigenvalue weighted by Crippen LogP contribution is 2.29. The van der Waals surface area contributed by atoms with Crippen LogP contribution in [-0.2, 0) is 4.74 Å². The van der Waals surface area contributed by atoms with Crippen LogP contribution in [0.4, 0.5) is 5.69 Å². The number of halogens is 1. The van der Waals surface area contributed by atoms with Crippen molar-refractivity contribution in [3.63, 3.8) is 0 Å². The Morgan fingerprint density at radius 1 is 1.53 bits per heavy atom. The maximum atomic E-state index is 11.3. The lowest BCUT2D eigenvalue weighted by atomic mass is 10.1. The van der Waals surface area contributed by atoms with Crippen LogP contribution < -0.4 is 4.90 Å². The monoisotopic (exact) mass is 327 g/mol. The van der Waals surface area contributed by atoms with Gasteiger partial charge in [-0.05, 0) is 48.0 Å². The Morgan fingerprint density at radius 2 is 2.26 bits per heavy atom. The van der Waals surface area contributed by atoms with Crippen LogP contribution in [0.25, 0.3) is 0 Å². The van der Waals surface area contributed by atoms with Crippen LogP contribution in [0.3, 0.4) is 0 Å². The smallest absolute Gasteiger partial charge is 0.159 e. The number of hydrogen-bond donors (Lipinski definition) is 1. The fraction of sp³-hybridized carbons (Fsp3) is 0.500. The van der Waals surface area contributed by atoms with E-state index in [0.717, 1.165) is 16.7 Å². The number of benzene rings is 1. The van der Waals surface area contributed by atoms with Crippen molar-refractivity contribution in [2.75, 3.05) is 24.6 Å². The minimum absolute atomic E-state index is 0.0178. The predicted octanol–water partition coefficient (Wildman–Crippen LogP) is 2.24. The van der Waals surface area contributed by atoms with Crippen molar-refractivity contribution in [1.82, 2.24) is 0 Å². The van der Waals surface area contributed by atoms with E-state index in [-0.39, 0.29) is 24.6 Å². The van der Waals surface area contributed by atoms with Crippen LogP contribution >= 0.6 is 15.9 Å². The molecule has 0 bridgehead atoms. The second kappa shape index (κ2) is 6.03. The van der Waals surface area contributed by atoms with Crippen molar-refractivity contribution in [3.8, 4) is 0 Å². The fourth-order valence-electron chi connectivity index (χ4n) is 2.33. The maximum Gasteiger partial charge on any atom is 0.159 e. The summed E-state index contributed by atoms with van der Waals surface area (Å²) in [6, 6.07) is 5.61. The van der Waals surface area contributed by atoms with Gasteiger partial charge in [-0.2, -0.15) is 0 Å². The Balaban J connectivity index is 2.23. The topological polar surface area (TPSA) is 49.8 Å². The summed E-state index contributed by atoms with van der Waals surface area (Å²) in [5.74, 6) is 0.0517. The van der Waals surface area contributed by atoms with E-state index in [4.69, 9.17) is 4.74 Å². The van der Waals surface area contributed by atoms with E-state index in [9.17, 15) is 9.90 Å². The molecule has 5 heteroatoms. The first-order chi connectivity index (χ1) is 9.01. The van der Waals surface area contributed by atoms with E-state index >= 15 is 0 Å². The average molecular weight is 328 g/mol. The molecule has 19 heavy (non-hydrogen) atoms. The van der Waals surface area contributed by atoms with E-state index in [1.54, 1.807) is 6.92 Å². The molecule has 0 aromatic heterocycles. The van der Waals surface area contributed by atoms with Crippen LogP contribution in [0, 0.1) is 0 Å². The summed E-state index contributed by atoms with van der Waals surface area (Å²) < 4.78 is 6.52. The second-order valence-corrected chi connectivity index (χ2v) is 5.73. The number of hydrogen-bond acceptors (Lipinski definition) is 4. The maximum absolute atomic E-state index is 11.3. The molecule has 0 amide bonds. The third-order valence-electron chi connectivity index (χ3n) is 3.22. The van der Waals surface area contributed by atoms with Crippen LogP contribution in [0.1, 0.15) is 24.2 Å². The van der Waals surface area contributed by atoms with Gasteiger partial charge in [0.15, 0.2) is 5.78 Å². The summed E-state index contributed by atoms with van der Waals surface area (Å²) in [5.41, 5.74) is 1.72. The first kappa shape index (κ1) is 14.5. The molecule has 0 spiro atoms. The standard InChI is InChI=1S/C14H18BrNO3/c1-9-6-16(7-12(8-17)19-9)14-4-3-11(10(2)18)5-13(14)15/h3-5,9,12,17H,6-8H2,1-2H3. The van der Waals surface area contributed by atoms with Crippen molar-refractivity contribution >= 4 is 27.4 Å². The van der Waals surface area contributed by atoms with Gasteiger partial charge in [-0.15, -0.1) is 0 Å². The van der Waals surface area contributed by atoms with Crippen LogP contribution in [-0.4, -0.2) is 42.8 Å². The highest BCUT2D eigenvalue weighted by molar-refractivity contribution is 9.10. The number of carbonyl (C=O) groups excluding carboxylic acids is 1. The van der Waals surface area contributed by atoms with Crippen LogP contribution in [0.2, 0.25) is 0 Å². The first-order valence-electron chi connectivity index (χ1n) is 6.33. The Morgan fingerprint density at radius 3 is 2.84 bits per heavy atom. The Hall–Kier alpha value is -0.910. The first-order valence-corrected chi connectivity index (χ1v) is 7.12. The van der Waals surface area contributed by atoms with Crippen molar-refractivity contribution in [2.45, 2.75) is 26.1 Å². The zero-order valence-electron chi connectivity index (χ0n) is 11.1. The number of ketones is 1. The van der Waals surface area contributed by atoms with Gasteiger partial charge in [0.25, 0.3) is 0 Å². The van der Waals surface area contributed by atoms with Gasteiger partial charge in [-0.3, -0.25) is 4.79 Å². The van der Waals surface area contributed by atoms with Gasteiger partial charge >= 0.3 is 0 Å². The van der Waals surface area contributed by atoms with Crippen molar-refractivity contribution in [3.05, 3.63) is 28.2 Å². The molecule has 2 rings (SSSR count). The molecule has 104 valence electrons. The number of aliphatic hydroxyl groups is 1. The number of ether oxygens (including phenoxy) is 1. The number of Topliss-reactive ketones (excluding diaryl/α,β-unsaturated/α-hetero) is 1. The van der Waals surface area contributed by atoms with Crippen molar-refractivity contribution in [1.29, 1.82) is 0 Å². The largest absolute Gasteiger partial charge is 0.394 e. The minimum Gasteiger partial charge on any atom is -0.394 e. The molecule has 1 aromatic carbocycles. The molecule has 0 radical (unpaired) electrons. The summed E-state index contributed by atoms with van der Waals surface area (Å²) in [5, 5.41) is 9.25. The molecule has 2 atom stereocenters. The van der Waals surface area contributed by atoms with E-state index < -0.39 is 0 Å². The van der Waals surface area contributed by atoms with Gasteiger partial charge < -0.3 is 14.7 Å². The molecule has 1 fully saturated rings. The average Bonchev–Trinajstić information content (AvgIpc) is 2.37.